The summed E-state index contributed by atoms with van der Waals surface area (Å²) in [7, 11) is 1.57. The van der Waals surface area contributed by atoms with Gasteiger partial charge in [0.2, 0.25) is 5.91 Å². The summed E-state index contributed by atoms with van der Waals surface area (Å²) in [6, 6.07) is -0.191. The molecule has 1 aliphatic rings. The van der Waals surface area contributed by atoms with Gasteiger partial charge in [-0.1, -0.05) is 0 Å². The van der Waals surface area contributed by atoms with E-state index in [1.54, 1.807) is 7.05 Å². The number of nitrogens with zero attached hydrogens (tertiary/aromatic N) is 1. The van der Waals surface area contributed by atoms with Crippen LogP contribution in [0.15, 0.2) is 0 Å². The molecule has 1 saturated heterocycles. The number of carbonyl (C=O) groups is 2. The molecule has 1 fully saturated rings. The van der Waals surface area contributed by atoms with E-state index in [2.05, 4.69) is 5.32 Å². The lowest BCUT2D eigenvalue weighted by Gasteiger charge is -2.42. The average Bonchev–Trinajstić information content (AvgIpc) is 2.26. The van der Waals surface area contributed by atoms with Gasteiger partial charge in [-0.3, -0.25) is 9.69 Å². The van der Waals surface area contributed by atoms with Gasteiger partial charge >= 0.3 is 6.09 Å². The Hall–Kier alpha value is -1.30. The number of carbonyl (C=O) groups excluding carboxylic acids is 1. The van der Waals surface area contributed by atoms with E-state index in [1.807, 2.05) is 20.8 Å². The number of hydrogen-bond donors (Lipinski definition) is 2. The van der Waals surface area contributed by atoms with Crippen molar-refractivity contribution < 1.29 is 19.4 Å². The van der Waals surface area contributed by atoms with Crippen LogP contribution in [0.25, 0.3) is 0 Å². The molecule has 1 heterocycles. The van der Waals surface area contributed by atoms with Gasteiger partial charge in [0.25, 0.3) is 0 Å². The van der Waals surface area contributed by atoms with Crippen LogP contribution in [0.3, 0.4) is 0 Å². The number of carboxylic acid groups (broad SMARTS) is 1. The monoisotopic (exact) mass is 258 g/mol. The zero-order valence-corrected chi connectivity index (χ0v) is 11.4. The van der Waals surface area contributed by atoms with Crippen molar-refractivity contribution in [2.75, 3.05) is 13.7 Å². The zero-order chi connectivity index (χ0) is 13.9. The van der Waals surface area contributed by atoms with Crippen LogP contribution in [0.2, 0.25) is 0 Å². The van der Waals surface area contributed by atoms with Crippen molar-refractivity contribution in [3.63, 3.8) is 0 Å². The topological polar surface area (TPSA) is 78.9 Å². The number of likely N-dealkylation sites (N-methyl/N-ethyl adjacent to an activating group) is 1. The molecule has 1 rings (SSSR count). The SMILES string of the molecule is CNC(=O)[C@@H]1CC[C@@H](N(C(=O)O)C(C)(C)C)CO1. The van der Waals surface area contributed by atoms with Crippen molar-refractivity contribution in [3.8, 4) is 0 Å². The fourth-order valence-corrected chi connectivity index (χ4v) is 2.30. The molecule has 6 nitrogen and oxygen atoms in total. The first-order chi connectivity index (χ1) is 8.27. The zero-order valence-electron chi connectivity index (χ0n) is 11.4. The highest BCUT2D eigenvalue weighted by molar-refractivity contribution is 5.80. The maximum atomic E-state index is 11.4. The molecule has 2 atom stereocenters. The molecule has 18 heavy (non-hydrogen) atoms. The molecule has 104 valence electrons. The van der Waals surface area contributed by atoms with Crippen molar-refractivity contribution in [2.45, 2.75) is 51.3 Å². The average molecular weight is 258 g/mol. The Morgan fingerprint density at radius 1 is 1.33 bits per heavy atom. The van der Waals surface area contributed by atoms with Crippen LogP contribution >= 0.6 is 0 Å². The normalized spacial score (nSPS) is 24.4. The van der Waals surface area contributed by atoms with Gasteiger partial charge in [0.05, 0.1) is 12.6 Å². The van der Waals surface area contributed by atoms with E-state index in [4.69, 9.17) is 4.74 Å². The molecule has 2 amide bonds. The Kier molecular flexibility index (Phi) is 4.56. The Bertz CT molecular complexity index is 317. The van der Waals surface area contributed by atoms with Gasteiger partial charge in [0, 0.05) is 12.6 Å². The highest BCUT2D eigenvalue weighted by Crippen LogP contribution is 2.25. The van der Waals surface area contributed by atoms with E-state index in [-0.39, 0.29) is 18.6 Å². The predicted molar refractivity (Wildman–Crippen MR) is 66.4 cm³/mol. The van der Waals surface area contributed by atoms with Gasteiger partial charge in [-0.15, -0.1) is 0 Å². The third kappa shape index (κ3) is 3.35. The summed E-state index contributed by atoms with van der Waals surface area (Å²) in [5.74, 6) is -0.147. The number of amides is 2. The molecular weight excluding hydrogens is 236 g/mol. The summed E-state index contributed by atoms with van der Waals surface area (Å²) in [5.41, 5.74) is -0.473. The molecule has 0 radical (unpaired) electrons. The smallest absolute Gasteiger partial charge is 0.408 e. The second-order valence-electron chi connectivity index (χ2n) is 5.49. The highest BCUT2D eigenvalue weighted by Gasteiger charge is 2.37. The Morgan fingerprint density at radius 2 is 1.94 bits per heavy atom. The quantitative estimate of drug-likeness (QED) is 0.776. The summed E-state index contributed by atoms with van der Waals surface area (Å²) >= 11 is 0. The third-order valence-corrected chi connectivity index (χ3v) is 3.08. The van der Waals surface area contributed by atoms with E-state index in [0.29, 0.717) is 12.8 Å². The fraction of sp³-hybridized carbons (Fsp3) is 0.833. The van der Waals surface area contributed by atoms with Crippen molar-refractivity contribution in [3.05, 3.63) is 0 Å². The first-order valence-electron chi connectivity index (χ1n) is 6.13. The van der Waals surface area contributed by atoms with E-state index in [1.165, 1.54) is 4.90 Å². The van der Waals surface area contributed by atoms with Gasteiger partial charge in [-0.2, -0.15) is 0 Å². The van der Waals surface area contributed by atoms with Crippen molar-refractivity contribution in [2.24, 2.45) is 0 Å². The van der Waals surface area contributed by atoms with Crippen molar-refractivity contribution in [1.82, 2.24) is 10.2 Å². The highest BCUT2D eigenvalue weighted by atomic mass is 16.5. The molecule has 6 heteroatoms. The summed E-state index contributed by atoms with van der Waals surface area (Å²) in [6.07, 6.45) is -0.220. The van der Waals surface area contributed by atoms with Crippen LogP contribution in [0.1, 0.15) is 33.6 Å². The lowest BCUT2D eigenvalue weighted by Crippen LogP contribution is -2.55. The van der Waals surface area contributed by atoms with Gasteiger partial charge < -0.3 is 15.2 Å². The summed E-state index contributed by atoms with van der Waals surface area (Å²) in [4.78, 5) is 24.1. The summed E-state index contributed by atoms with van der Waals surface area (Å²) < 4.78 is 5.45. The minimum atomic E-state index is -0.950. The first-order valence-corrected chi connectivity index (χ1v) is 6.13. The lowest BCUT2D eigenvalue weighted by atomic mass is 9.97. The van der Waals surface area contributed by atoms with Crippen LogP contribution in [-0.4, -0.2) is 53.3 Å². The van der Waals surface area contributed by atoms with Gasteiger partial charge in [-0.05, 0) is 33.6 Å². The molecule has 2 N–H and O–H groups in total. The molecule has 0 unspecified atom stereocenters. The van der Waals surface area contributed by atoms with Crippen LogP contribution < -0.4 is 5.32 Å². The van der Waals surface area contributed by atoms with Crippen molar-refractivity contribution in [1.29, 1.82) is 0 Å². The Morgan fingerprint density at radius 3 is 2.28 bits per heavy atom. The molecule has 0 spiro atoms. The van der Waals surface area contributed by atoms with E-state index in [0.717, 1.165) is 0 Å². The fourth-order valence-electron chi connectivity index (χ4n) is 2.30. The van der Waals surface area contributed by atoms with Crippen LogP contribution in [-0.2, 0) is 9.53 Å². The molecule has 1 aliphatic heterocycles. The van der Waals surface area contributed by atoms with Gasteiger partial charge in [0.1, 0.15) is 6.10 Å². The summed E-state index contributed by atoms with van der Waals surface area (Å²) in [5, 5.41) is 11.8. The van der Waals surface area contributed by atoms with E-state index in [9.17, 15) is 14.7 Å². The molecular formula is C12H22N2O4. The maximum absolute atomic E-state index is 11.4. The summed E-state index contributed by atoms with van der Waals surface area (Å²) in [6.45, 7) is 5.82. The largest absolute Gasteiger partial charge is 0.465 e. The third-order valence-electron chi connectivity index (χ3n) is 3.08. The number of ether oxygens (including phenoxy) is 1. The minimum absolute atomic E-state index is 0.147. The molecule has 0 bridgehead atoms. The molecule has 0 aromatic rings. The van der Waals surface area contributed by atoms with Crippen LogP contribution in [0.4, 0.5) is 4.79 Å². The first kappa shape index (κ1) is 14.8. The molecule has 0 aliphatic carbocycles. The molecule has 0 aromatic carbocycles. The number of rotatable bonds is 2. The second-order valence-corrected chi connectivity index (χ2v) is 5.49. The second kappa shape index (κ2) is 5.56. The maximum Gasteiger partial charge on any atom is 0.408 e. The Balaban J connectivity index is 2.66. The van der Waals surface area contributed by atoms with E-state index >= 15 is 0 Å². The molecule has 0 saturated carbocycles. The van der Waals surface area contributed by atoms with E-state index < -0.39 is 17.7 Å². The predicted octanol–water partition coefficient (Wildman–Crippen LogP) is 1.06. The van der Waals surface area contributed by atoms with Gasteiger partial charge in [-0.25, -0.2) is 4.79 Å². The van der Waals surface area contributed by atoms with Crippen LogP contribution in [0, 0.1) is 0 Å². The van der Waals surface area contributed by atoms with Gasteiger partial charge in [0.15, 0.2) is 0 Å². The van der Waals surface area contributed by atoms with Crippen molar-refractivity contribution >= 4 is 12.0 Å². The Labute approximate surface area is 107 Å². The minimum Gasteiger partial charge on any atom is -0.465 e. The number of hydrogen-bond acceptors (Lipinski definition) is 3. The standard InChI is InChI=1S/C12H22N2O4/c1-12(2,3)14(11(16)17)8-5-6-9(18-7-8)10(15)13-4/h8-9H,5-7H2,1-4H3,(H,13,15)(H,16,17)/t8-,9+/m1/s1. The lowest BCUT2D eigenvalue weighted by molar-refractivity contribution is -0.138. The number of nitrogens with one attached hydrogen (secondary N) is 1. The molecule has 0 aromatic heterocycles. The van der Waals surface area contributed by atoms with Crippen LogP contribution in [0.5, 0.6) is 0 Å².